The summed E-state index contributed by atoms with van der Waals surface area (Å²) in [6.45, 7) is 3.39. The van der Waals surface area contributed by atoms with E-state index in [-0.39, 0.29) is 0 Å². The Bertz CT molecular complexity index is 135. The molecule has 1 aliphatic carbocycles. The van der Waals surface area contributed by atoms with E-state index in [0.717, 1.165) is 12.5 Å². The van der Waals surface area contributed by atoms with E-state index in [1.165, 1.54) is 12.8 Å². The van der Waals surface area contributed by atoms with Crippen molar-refractivity contribution in [2.45, 2.75) is 31.3 Å². The molecule has 2 rings (SSSR count). The SMILES string of the molecule is CC12CC1C(N)CCN2. The Morgan fingerprint density at radius 3 is 3.00 bits per heavy atom. The zero-order valence-electron chi connectivity index (χ0n) is 5.85. The van der Waals surface area contributed by atoms with Crippen LogP contribution in [0.2, 0.25) is 0 Å². The predicted molar refractivity (Wildman–Crippen MR) is 37.1 cm³/mol. The molecule has 52 valence electrons. The second-order valence-electron chi connectivity index (χ2n) is 3.61. The Kier molecular flexibility index (Phi) is 0.945. The van der Waals surface area contributed by atoms with Gasteiger partial charge in [-0.2, -0.15) is 0 Å². The third-order valence-electron chi connectivity index (χ3n) is 2.83. The van der Waals surface area contributed by atoms with Crippen LogP contribution in [0.5, 0.6) is 0 Å². The van der Waals surface area contributed by atoms with Gasteiger partial charge in [-0.15, -0.1) is 0 Å². The quantitative estimate of drug-likeness (QED) is 0.482. The van der Waals surface area contributed by atoms with Gasteiger partial charge in [0.15, 0.2) is 0 Å². The van der Waals surface area contributed by atoms with Crippen molar-refractivity contribution in [3.63, 3.8) is 0 Å². The van der Waals surface area contributed by atoms with Gasteiger partial charge in [0.1, 0.15) is 0 Å². The average Bonchev–Trinajstić information content (AvgIpc) is 2.43. The third-order valence-corrected chi connectivity index (χ3v) is 2.83. The van der Waals surface area contributed by atoms with Gasteiger partial charge in [-0.05, 0) is 32.2 Å². The zero-order valence-corrected chi connectivity index (χ0v) is 5.85. The maximum atomic E-state index is 5.87. The lowest BCUT2D eigenvalue weighted by Crippen LogP contribution is -2.43. The Labute approximate surface area is 55.8 Å². The lowest BCUT2D eigenvalue weighted by molar-refractivity contribution is 0.369. The highest BCUT2D eigenvalue weighted by Crippen LogP contribution is 2.47. The van der Waals surface area contributed by atoms with Gasteiger partial charge in [-0.25, -0.2) is 0 Å². The first-order chi connectivity index (χ1) is 4.22. The maximum absolute atomic E-state index is 5.87. The fourth-order valence-corrected chi connectivity index (χ4v) is 1.95. The van der Waals surface area contributed by atoms with Gasteiger partial charge in [0.2, 0.25) is 0 Å². The maximum Gasteiger partial charge on any atom is 0.0200 e. The summed E-state index contributed by atoms with van der Waals surface area (Å²) in [6.07, 6.45) is 2.47. The fraction of sp³-hybridized carbons (Fsp3) is 1.00. The number of nitrogens with one attached hydrogen (secondary N) is 1. The van der Waals surface area contributed by atoms with Crippen LogP contribution in [0.15, 0.2) is 0 Å². The molecular weight excluding hydrogens is 112 g/mol. The monoisotopic (exact) mass is 126 g/mol. The molecule has 2 fully saturated rings. The van der Waals surface area contributed by atoms with Crippen molar-refractivity contribution in [2.24, 2.45) is 11.7 Å². The number of nitrogens with two attached hydrogens (primary N) is 1. The van der Waals surface area contributed by atoms with E-state index in [0.29, 0.717) is 11.6 Å². The summed E-state index contributed by atoms with van der Waals surface area (Å²) >= 11 is 0. The Balaban J connectivity index is 2.07. The summed E-state index contributed by atoms with van der Waals surface area (Å²) < 4.78 is 0. The molecule has 0 radical (unpaired) electrons. The summed E-state index contributed by atoms with van der Waals surface area (Å²) in [6, 6.07) is 0.483. The first-order valence-electron chi connectivity index (χ1n) is 3.73. The summed E-state index contributed by atoms with van der Waals surface area (Å²) in [5.41, 5.74) is 6.31. The molecule has 1 saturated carbocycles. The number of rotatable bonds is 0. The predicted octanol–water partition coefficient (Wildman–Crippen LogP) is 0.0856. The van der Waals surface area contributed by atoms with E-state index in [9.17, 15) is 0 Å². The van der Waals surface area contributed by atoms with Crippen LogP contribution in [0.4, 0.5) is 0 Å². The van der Waals surface area contributed by atoms with Crippen LogP contribution in [-0.2, 0) is 0 Å². The highest BCUT2D eigenvalue weighted by molar-refractivity contribution is 5.13. The largest absolute Gasteiger partial charge is 0.327 e. The smallest absolute Gasteiger partial charge is 0.0200 e. The van der Waals surface area contributed by atoms with E-state index in [1.807, 2.05) is 0 Å². The van der Waals surface area contributed by atoms with E-state index >= 15 is 0 Å². The van der Waals surface area contributed by atoms with Gasteiger partial charge in [0, 0.05) is 11.6 Å². The minimum atomic E-state index is 0.442. The summed E-state index contributed by atoms with van der Waals surface area (Å²) in [5, 5.41) is 3.48. The summed E-state index contributed by atoms with van der Waals surface area (Å²) in [7, 11) is 0. The molecule has 0 aromatic rings. The Morgan fingerprint density at radius 1 is 1.67 bits per heavy atom. The molecule has 2 nitrogen and oxygen atoms in total. The van der Waals surface area contributed by atoms with Crippen LogP contribution in [0.3, 0.4) is 0 Å². The molecule has 3 atom stereocenters. The van der Waals surface area contributed by atoms with Crippen LogP contribution < -0.4 is 11.1 Å². The fourth-order valence-electron chi connectivity index (χ4n) is 1.95. The van der Waals surface area contributed by atoms with Gasteiger partial charge in [-0.1, -0.05) is 0 Å². The Hall–Kier alpha value is -0.0800. The lowest BCUT2D eigenvalue weighted by Gasteiger charge is -2.24. The number of fused-ring (bicyclic) bond motifs is 1. The van der Waals surface area contributed by atoms with Crippen LogP contribution >= 0.6 is 0 Å². The summed E-state index contributed by atoms with van der Waals surface area (Å²) in [5.74, 6) is 0.784. The number of hydrogen-bond donors (Lipinski definition) is 2. The van der Waals surface area contributed by atoms with Crippen molar-refractivity contribution < 1.29 is 0 Å². The van der Waals surface area contributed by atoms with Crippen LogP contribution in [0, 0.1) is 5.92 Å². The summed E-state index contributed by atoms with van der Waals surface area (Å²) in [4.78, 5) is 0. The van der Waals surface area contributed by atoms with E-state index in [2.05, 4.69) is 12.2 Å². The van der Waals surface area contributed by atoms with Gasteiger partial charge in [0.25, 0.3) is 0 Å². The second-order valence-corrected chi connectivity index (χ2v) is 3.61. The van der Waals surface area contributed by atoms with Gasteiger partial charge >= 0.3 is 0 Å². The van der Waals surface area contributed by atoms with Crippen molar-refractivity contribution in [3.8, 4) is 0 Å². The second kappa shape index (κ2) is 1.50. The number of hydrogen-bond acceptors (Lipinski definition) is 2. The van der Waals surface area contributed by atoms with Crippen molar-refractivity contribution in [2.75, 3.05) is 6.54 Å². The molecule has 0 amide bonds. The average molecular weight is 126 g/mol. The van der Waals surface area contributed by atoms with Crippen LogP contribution in [-0.4, -0.2) is 18.1 Å². The third kappa shape index (κ3) is 0.700. The highest BCUT2D eigenvalue weighted by atomic mass is 15.1. The molecule has 1 heterocycles. The molecule has 0 spiro atoms. The molecule has 0 aromatic carbocycles. The van der Waals surface area contributed by atoms with Crippen LogP contribution in [0.1, 0.15) is 19.8 Å². The molecule has 3 N–H and O–H groups in total. The molecule has 2 heteroatoms. The van der Waals surface area contributed by atoms with E-state index in [4.69, 9.17) is 5.73 Å². The van der Waals surface area contributed by atoms with Crippen molar-refractivity contribution in [1.29, 1.82) is 0 Å². The molecule has 3 unspecified atom stereocenters. The normalized spacial score (nSPS) is 56.7. The lowest BCUT2D eigenvalue weighted by atomic mass is 10.0. The molecule has 2 aliphatic rings. The molecule has 0 aromatic heterocycles. The van der Waals surface area contributed by atoms with E-state index < -0.39 is 0 Å². The highest BCUT2D eigenvalue weighted by Gasteiger charge is 2.54. The standard InChI is InChI=1S/C7H14N2/c1-7-4-5(7)6(8)2-3-9-7/h5-6,9H,2-4,8H2,1H3. The first-order valence-corrected chi connectivity index (χ1v) is 3.73. The molecule has 9 heavy (non-hydrogen) atoms. The molecule has 1 aliphatic heterocycles. The molecular formula is C7H14N2. The van der Waals surface area contributed by atoms with Crippen LogP contribution in [0.25, 0.3) is 0 Å². The van der Waals surface area contributed by atoms with Gasteiger partial charge in [0.05, 0.1) is 0 Å². The molecule has 0 bridgehead atoms. The van der Waals surface area contributed by atoms with Crippen molar-refractivity contribution in [3.05, 3.63) is 0 Å². The Morgan fingerprint density at radius 2 is 2.44 bits per heavy atom. The topological polar surface area (TPSA) is 38.0 Å². The van der Waals surface area contributed by atoms with Gasteiger partial charge < -0.3 is 11.1 Å². The van der Waals surface area contributed by atoms with E-state index in [1.54, 1.807) is 0 Å². The van der Waals surface area contributed by atoms with Crippen molar-refractivity contribution >= 4 is 0 Å². The van der Waals surface area contributed by atoms with Crippen molar-refractivity contribution in [1.82, 2.24) is 5.32 Å². The first kappa shape index (κ1) is 5.69. The number of piperidine rings is 1. The minimum absolute atomic E-state index is 0.442. The van der Waals surface area contributed by atoms with Gasteiger partial charge in [-0.3, -0.25) is 0 Å². The minimum Gasteiger partial charge on any atom is -0.327 e. The zero-order chi connectivity index (χ0) is 6.48. The molecule has 1 saturated heterocycles.